The minimum atomic E-state index is 1.18. The first kappa shape index (κ1) is 19.3. The highest BCUT2D eigenvalue weighted by atomic mass is 14.1. The summed E-state index contributed by atoms with van der Waals surface area (Å²) in [6.07, 6.45) is 17.9. The highest BCUT2D eigenvalue weighted by molar-refractivity contribution is 5.35. The van der Waals surface area contributed by atoms with E-state index >= 15 is 0 Å². The van der Waals surface area contributed by atoms with Gasteiger partial charge in [-0.2, -0.15) is 0 Å². The van der Waals surface area contributed by atoms with Gasteiger partial charge < -0.3 is 0 Å². The van der Waals surface area contributed by atoms with E-state index in [4.69, 9.17) is 0 Å². The lowest BCUT2D eigenvalue weighted by Gasteiger charge is -2.12. The van der Waals surface area contributed by atoms with Crippen molar-refractivity contribution in [2.45, 2.75) is 104 Å². The van der Waals surface area contributed by atoms with Crippen LogP contribution in [0.3, 0.4) is 0 Å². The van der Waals surface area contributed by atoms with Crippen LogP contribution in [0.4, 0.5) is 0 Å². The van der Waals surface area contributed by atoms with Crippen molar-refractivity contribution in [3.05, 3.63) is 34.9 Å². The summed E-state index contributed by atoms with van der Waals surface area (Å²) in [6.45, 7) is 6.87. The average molecular weight is 303 g/mol. The van der Waals surface area contributed by atoms with Gasteiger partial charge in [-0.05, 0) is 42.4 Å². The number of rotatable bonds is 13. The molecule has 0 N–H and O–H groups in total. The van der Waals surface area contributed by atoms with E-state index in [1.807, 2.05) is 0 Å². The third kappa shape index (κ3) is 7.47. The lowest BCUT2D eigenvalue weighted by molar-refractivity contribution is 0.556. The van der Waals surface area contributed by atoms with Crippen LogP contribution in [0, 0.1) is 0 Å². The minimum absolute atomic E-state index is 1.18. The first-order valence-corrected chi connectivity index (χ1v) is 9.93. The summed E-state index contributed by atoms with van der Waals surface area (Å²) >= 11 is 0. The summed E-state index contributed by atoms with van der Waals surface area (Å²) in [5, 5.41) is 0. The van der Waals surface area contributed by atoms with Gasteiger partial charge in [-0.1, -0.05) is 96.8 Å². The van der Waals surface area contributed by atoms with Crippen LogP contribution in [0.5, 0.6) is 0 Å². The maximum atomic E-state index is 2.35. The summed E-state index contributed by atoms with van der Waals surface area (Å²) < 4.78 is 0. The highest BCUT2D eigenvalue weighted by Gasteiger charge is 2.05. The normalized spacial score (nSPS) is 11.0. The van der Waals surface area contributed by atoms with Gasteiger partial charge in [-0.25, -0.2) is 0 Å². The van der Waals surface area contributed by atoms with E-state index in [9.17, 15) is 0 Å². The third-order valence-electron chi connectivity index (χ3n) is 4.90. The van der Waals surface area contributed by atoms with Crippen LogP contribution in [0.2, 0.25) is 0 Å². The second-order valence-corrected chi connectivity index (χ2v) is 6.69. The van der Waals surface area contributed by atoms with Crippen molar-refractivity contribution in [3.8, 4) is 0 Å². The van der Waals surface area contributed by atoms with E-state index in [1.165, 1.54) is 83.5 Å². The van der Waals surface area contributed by atoms with Crippen LogP contribution in [0.25, 0.3) is 0 Å². The molecule has 0 spiro atoms. The summed E-state index contributed by atoms with van der Waals surface area (Å²) in [6, 6.07) is 6.91. The smallest absolute Gasteiger partial charge is 0.0276 e. The molecule has 1 rings (SSSR count). The molecule has 0 nitrogen and oxygen atoms in total. The van der Waals surface area contributed by atoms with Gasteiger partial charge >= 0.3 is 0 Å². The Kier molecular flexibility index (Phi) is 11.2. The van der Waals surface area contributed by atoms with Crippen molar-refractivity contribution in [2.75, 3.05) is 0 Å². The predicted molar refractivity (Wildman–Crippen MR) is 101 cm³/mol. The van der Waals surface area contributed by atoms with Gasteiger partial charge in [-0.3, -0.25) is 0 Å². The Bertz CT molecular complexity index is 378. The van der Waals surface area contributed by atoms with Gasteiger partial charge in [0.2, 0.25) is 0 Å². The van der Waals surface area contributed by atoms with E-state index < -0.39 is 0 Å². The fraction of sp³-hybridized carbons (Fsp3) is 0.727. The standard InChI is InChI=1S/C22H38/c1-4-7-8-9-10-11-12-13-14-15-17-21-19-16-18-20(5-2)22(21)6-3/h16,18-19H,4-15,17H2,1-3H3. The number of aryl methyl sites for hydroxylation is 2. The molecule has 0 heteroatoms. The third-order valence-corrected chi connectivity index (χ3v) is 4.90. The maximum absolute atomic E-state index is 2.35. The fourth-order valence-corrected chi connectivity index (χ4v) is 3.51. The van der Waals surface area contributed by atoms with Gasteiger partial charge in [0.1, 0.15) is 0 Å². The quantitative estimate of drug-likeness (QED) is 0.336. The molecule has 0 heterocycles. The lowest BCUT2D eigenvalue weighted by atomic mass is 9.93. The second kappa shape index (κ2) is 12.7. The molecule has 0 amide bonds. The van der Waals surface area contributed by atoms with Gasteiger partial charge in [-0.15, -0.1) is 0 Å². The van der Waals surface area contributed by atoms with Crippen LogP contribution < -0.4 is 0 Å². The van der Waals surface area contributed by atoms with E-state index in [0.717, 1.165) is 0 Å². The topological polar surface area (TPSA) is 0 Å². The molecule has 0 fully saturated rings. The van der Waals surface area contributed by atoms with Gasteiger partial charge in [0.05, 0.1) is 0 Å². The predicted octanol–water partition coefficient (Wildman–Crippen LogP) is 7.27. The lowest BCUT2D eigenvalue weighted by Crippen LogP contribution is -1.98. The molecular weight excluding hydrogens is 264 g/mol. The molecule has 0 radical (unpaired) electrons. The number of hydrogen-bond acceptors (Lipinski definition) is 0. The van der Waals surface area contributed by atoms with E-state index in [2.05, 4.69) is 39.0 Å². The molecule has 0 atom stereocenters. The van der Waals surface area contributed by atoms with E-state index in [0.29, 0.717) is 0 Å². The van der Waals surface area contributed by atoms with Crippen molar-refractivity contribution in [1.29, 1.82) is 0 Å². The Morgan fingerprint density at radius 1 is 0.591 bits per heavy atom. The molecule has 0 saturated heterocycles. The Morgan fingerprint density at radius 2 is 1.14 bits per heavy atom. The minimum Gasteiger partial charge on any atom is -0.0654 e. The molecule has 0 aliphatic rings. The van der Waals surface area contributed by atoms with Crippen LogP contribution in [-0.2, 0) is 19.3 Å². The highest BCUT2D eigenvalue weighted by Crippen LogP contribution is 2.19. The Balaban J connectivity index is 2.12. The molecule has 0 bridgehead atoms. The van der Waals surface area contributed by atoms with Crippen molar-refractivity contribution in [1.82, 2.24) is 0 Å². The fourth-order valence-electron chi connectivity index (χ4n) is 3.51. The zero-order valence-electron chi connectivity index (χ0n) is 15.4. The Labute approximate surface area is 139 Å². The SMILES string of the molecule is CCCCCCCCCCCCc1cccc(CC)c1CC. The van der Waals surface area contributed by atoms with E-state index in [-0.39, 0.29) is 0 Å². The van der Waals surface area contributed by atoms with E-state index in [1.54, 1.807) is 16.7 Å². The average Bonchev–Trinajstić information content (AvgIpc) is 2.56. The summed E-state index contributed by atoms with van der Waals surface area (Å²) in [5.74, 6) is 0. The first-order chi connectivity index (χ1) is 10.8. The van der Waals surface area contributed by atoms with Crippen LogP contribution in [0.15, 0.2) is 18.2 Å². The van der Waals surface area contributed by atoms with Crippen LogP contribution >= 0.6 is 0 Å². The zero-order chi connectivity index (χ0) is 16.0. The van der Waals surface area contributed by atoms with Crippen molar-refractivity contribution in [3.63, 3.8) is 0 Å². The van der Waals surface area contributed by atoms with Crippen molar-refractivity contribution < 1.29 is 0 Å². The monoisotopic (exact) mass is 302 g/mol. The van der Waals surface area contributed by atoms with Gasteiger partial charge in [0.15, 0.2) is 0 Å². The van der Waals surface area contributed by atoms with Gasteiger partial charge in [0.25, 0.3) is 0 Å². The molecule has 0 aliphatic carbocycles. The van der Waals surface area contributed by atoms with Crippen LogP contribution in [0.1, 0.15) is 102 Å². The molecule has 0 aromatic heterocycles. The molecule has 126 valence electrons. The van der Waals surface area contributed by atoms with Crippen LogP contribution in [-0.4, -0.2) is 0 Å². The Morgan fingerprint density at radius 3 is 1.68 bits per heavy atom. The molecule has 1 aromatic carbocycles. The molecular formula is C22H38. The molecule has 0 unspecified atom stereocenters. The summed E-state index contributed by atoms with van der Waals surface area (Å²) in [5.41, 5.74) is 4.80. The first-order valence-electron chi connectivity index (χ1n) is 9.93. The van der Waals surface area contributed by atoms with Crippen molar-refractivity contribution in [2.24, 2.45) is 0 Å². The number of benzene rings is 1. The summed E-state index contributed by atoms with van der Waals surface area (Å²) in [4.78, 5) is 0. The maximum Gasteiger partial charge on any atom is -0.0276 e. The number of hydrogen-bond donors (Lipinski definition) is 0. The van der Waals surface area contributed by atoms with Gasteiger partial charge in [0, 0.05) is 0 Å². The molecule has 0 aliphatic heterocycles. The largest absolute Gasteiger partial charge is 0.0654 e. The molecule has 0 saturated carbocycles. The second-order valence-electron chi connectivity index (χ2n) is 6.69. The Hall–Kier alpha value is -0.780. The molecule has 1 aromatic rings. The number of unbranched alkanes of at least 4 members (excludes halogenated alkanes) is 9. The molecule has 22 heavy (non-hydrogen) atoms. The van der Waals surface area contributed by atoms with Crippen molar-refractivity contribution >= 4 is 0 Å². The summed E-state index contributed by atoms with van der Waals surface area (Å²) in [7, 11) is 0. The zero-order valence-corrected chi connectivity index (χ0v) is 15.4.